The van der Waals surface area contributed by atoms with E-state index in [2.05, 4.69) is 10.2 Å². The Morgan fingerprint density at radius 3 is 2.41 bits per heavy atom. The van der Waals surface area contributed by atoms with Gasteiger partial charge in [-0.2, -0.15) is 0 Å². The minimum absolute atomic E-state index is 0.0263. The van der Waals surface area contributed by atoms with Gasteiger partial charge in [-0.05, 0) is 43.5 Å². The summed E-state index contributed by atoms with van der Waals surface area (Å²) in [7, 11) is -3.33. The van der Waals surface area contributed by atoms with E-state index in [1.807, 2.05) is 17.0 Å². The van der Waals surface area contributed by atoms with E-state index in [1.54, 1.807) is 16.4 Å². The van der Waals surface area contributed by atoms with Crippen LogP contribution in [0.25, 0.3) is 0 Å². The number of carbonyl (C=O) groups is 1. The van der Waals surface area contributed by atoms with Crippen molar-refractivity contribution in [3.63, 3.8) is 0 Å². The Morgan fingerprint density at radius 1 is 1.03 bits per heavy atom. The van der Waals surface area contributed by atoms with Gasteiger partial charge in [0, 0.05) is 57.4 Å². The van der Waals surface area contributed by atoms with Crippen LogP contribution in [0.2, 0.25) is 5.02 Å². The van der Waals surface area contributed by atoms with E-state index < -0.39 is 21.3 Å². The number of ether oxygens (including phenoxy) is 1. The zero-order valence-corrected chi connectivity index (χ0v) is 20.0. The van der Waals surface area contributed by atoms with E-state index in [9.17, 15) is 13.2 Å². The number of nitrogens with zero attached hydrogens (tertiary/aromatic N) is 3. The molecule has 10 heteroatoms. The van der Waals surface area contributed by atoms with Gasteiger partial charge >= 0.3 is 0 Å². The summed E-state index contributed by atoms with van der Waals surface area (Å²) < 4.78 is 33.2. The first-order valence-electron chi connectivity index (χ1n) is 11.6. The van der Waals surface area contributed by atoms with Crippen molar-refractivity contribution in [2.75, 3.05) is 59.0 Å². The number of rotatable bonds is 7. The monoisotopic (exact) mass is 484 g/mol. The van der Waals surface area contributed by atoms with Crippen LogP contribution in [0.15, 0.2) is 24.3 Å². The van der Waals surface area contributed by atoms with Crippen molar-refractivity contribution in [3.8, 4) is 5.75 Å². The molecule has 0 aliphatic carbocycles. The lowest BCUT2D eigenvalue weighted by Gasteiger charge is -2.35. The Morgan fingerprint density at radius 2 is 1.72 bits per heavy atom. The molecule has 1 aromatic rings. The molecule has 2 atom stereocenters. The molecule has 3 aliphatic heterocycles. The number of halogens is 1. The number of benzene rings is 1. The minimum atomic E-state index is -3.33. The van der Waals surface area contributed by atoms with Crippen LogP contribution >= 0.6 is 11.6 Å². The van der Waals surface area contributed by atoms with Crippen LogP contribution in [0.5, 0.6) is 5.75 Å². The van der Waals surface area contributed by atoms with Gasteiger partial charge in [-0.1, -0.05) is 18.0 Å². The highest BCUT2D eigenvalue weighted by atomic mass is 35.5. The van der Waals surface area contributed by atoms with Gasteiger partial charge in [-0.15, -0.1) is 0 Å². The maximum atomic E-state index is 13.0. The van der Waals surface area contributed by atoms with E-state index in [0.717, 1.165) is 44.6 Å². The zero-order valence-electron chi connectivity index (χ0n) is 18.4. The summed E-state index contributed by atoms with van der Waals surface area (Å²) in [6, 6.07) is 6.92. The molecular weight excluding hydrogens is 452 g/mol. The average molecular weight is 485 g/mol. The summed E-state index contributed by atoms with van der Waals surface area (Å²) in [6.07, 6.45) is 3.32. The number of hydrogen-bond donors (Lipinski definition) is 1. The van der Waals surface area contributed by atoms with Gasteiger partial charge in [-0.25, -0.2) is 12.7 Å². The van der Waals surface area contributed by atoms with Crippen molar-refractivity contribution >= 4 is 27.5 Å². The molecule has 32 heavy (non-hydrogen) atoms. The molecule has 4 rings (SSSR count). The first kappa shape index (κ1) is 23.8. The van der Waals surface area contributed by atoms with Gasteiger partial charge in [-0.3, -0.25) is 9.69 Å². The normalized spacial score (nSPS) is 25.7. The topological polar surface area (TPSA) is 82.2 Å². The van der Waals surface area contributed by atoms with Crippen molar-refractivity contribution in [1.29, 1.82) is 0 Å². The molecule has 8 nitrogen and oxygen atoms in total. The summed E-state index contributed by atoms with van der Waals surface area (Å²) in [6.45, 7) is 5.84. The summed E-state index contributed by atoms with van der Waals surface area (Å²) in [5.41, 5.74) is 0. The van der Waals surface area contributed by atoms with E-state index >= 15 is 0 Å². The molecule has 0 radical (unpaired) electrons. The number of sulfonamides is 1. The average Bonchev–Trinajstić information content (AvgIpc) is 3.32. The zero-order chi connectivity index (χ0) is 22.6. The summed E-state index contributed by atoms with van der Waals surface area (Å²) in [5, 5.41) is 3.36. The largest absolute Gasteiger partial charge is 0.492 e. The maximum Gasteiger partial charge on any atom is 0.239 e. The first-order valence-corrected chi connectivity index (χ1v) is 13.4. The fourth-order valence-electron chi connectivity index (χ4n) is 4.68. The Kier molecular flexibility index (Phi) is 7.94. The van der Waals surface area contributed by atoms with Crippen molar-refractivity contribution < 1.29 is 17.9 Å². The molecule has 0 saturated carbocycles. The van der Waals surface area contributed by atoms with Gasteiger partial charge in [0.05, 0.1) is 11.3 Å². The lowest BCUT2D eigenvalue weighted by atomic mass is 10.2. The maximum absolute atomic E-state index is 13.0. The van der Waals surface area contributed by atoms with Crippen LogP contribution in [0.1, 0.15) is 25.7 Å². The molecule has 2 unspecified atom stereocenters. The smallest absolute Gasteiger partial charge is 0.239 e. The summed E-state index contributed by atoms with van der Waals surface area (Å²) >= 11 is 5.89. The molecule has 3 saturated heterocycles. The van der Waals surface area contributed by atoms with E-state index in [4.69, 9.17) is 16.3 Å². The van der Waals surface area contributed by atoms with Gasteiger partial charge in [0.15, 0.2) is 0 Å². The molecule has 3 aliphatic rings. The Balaban J connectivity index is 1.19. The number of amides is 1. The summed E-state index contributed by atoms with van der Waals surface area (Å²) in [5.74, 6) is 0.822. The van der Waals surface area contributed by atoms with Crippen LogP contribution in [0.4, 0.5) is 0 Å². The predicted octanol–water partition coefficient (Wildman–Crippen LogP) is 1.41. The SMILES string of the molecule is O=C(C1CC(S(=O)(=O)N2CCCCC2)CN1)N1CCN(CCOc2ccc(Cl)cc2)CC1. The highest BCUT2D eigenvalue weighted by molar-refractivity contribution is 7.89. The van der Waals surface area contributed by atoms with Crippen LogP contribution in [-0.4, -0.2) is 98.7 Å². The molecule has 3 heterocycles. The molecular formula is C22H33ClN4O4S. The van der Waals surface area contributed by atoms with Crippen LogP contribution < -0.4 is 10.1 Å². The van der Waals surface area contributed by atoms with Gasteiger partial charge in [0.2, 0.25) is 15.9 Å². The molecule has 1 amide bonds. The van der Waals surface area contributed by atoms with Crippen LogP contribution in [-0.2, 0) is 14.8 Å². The molecule has 0 spiro atoms. The third-order valence-corrected chi connectivity index (χ3v) is 9.20. The third-order valence-electron chi connectivity index (χ3n) is 6.66. The molecule has 0 aromatic heterocycles. The van der Waals surface area contributed by atoms with Crippen molar-refractivity contribution in [2.45, 2.75) is 37.0 Å². The number of piperidine rings is 1. The first-order chi connectivity index (χ1) is 15.4. The number of carbonyl (C=O) groups excluding carboxylic acids is 1. The van der Waals surface area contributed by atoms with Crippen molar-refractivity contribution in [3.05, 3.63) is 29.3 Å². The minimum Gasteiger partial charge on any atom is -0.492 e. The van der Waals surface area contributed by atoms with Crippen LogP contribution in [0, 0.1) is 0 Å². The van der Waals surface area contributed by atoms with Gasteiger partial charge in [0.25, 0.3) is 0 Å². The molecule has 1 aromatic carbocycles. The third kappa shape index (κ3) is 5.75. The van der Waals surface area contributed by atoms with Gasteiger partial charge < -0.3 is 15.0 Å². The quantitative estimate of drug-likeness (QED) is 0.630. The highest BCUT2D eigenvalue weighted by Crippen LogP contribution is 2.23. The summed E-state index contributed by atoms with van der Waals surface area (Å²) in [4.78, 5) is 17.1. The molecule has 0 bridgehead atoms. The highest BCUT2D eigenvalue weighted by Gasteiger charge is 2.41. The van der Waals surface area contributed by atoms with E-state index in [-0.39, 0.29) is 5.91 Å². The molecule has 178 valence electrons. The van der Waals surface area contributed by atoms with Crippen molar-refractivity contribution in [1.82, 2.24) is 19.4 Å². The second kappa shape index (κ2) is 10.7. The Bertz CT molecular complexity index is 868. The van der Waals surface area contributed by atoms with E-state index in [0.29, 0.717) is 50.8 Å². The lowest BCUT2D eigenvalue weighted by molar-refractivity contribution is -0.134. The molecule has 3 fully saturated rings. The van der Waals surface area contributed by atoms with Crippen molar-refractivity contribution in [2.24, 2.45) is 0 Å². The number of nitrogens with one attached hydrogen (secondary N) is 1. The second-order valence-corrected chi connectivity index (χ2v) is 11.4. The number of piperazine rings is 1. The van der Waals surface area contributed by atoms with Crippen LogP contribution in [0.3, 0.4) is 0 Å². The predicted molar refractivity (Wildman–Crippen MR) is 125 cm³/mol. The van der Waals surface area contributed by atoms with Gasteiger partial charge in [0.1, 0.15) is 12.4 Å². The Hall–Kier alpha value is -1.39. The standard InChI is InChI=1S/C22H33ClN4O4S/c23-18-4-6-19(7-5-18)31-15-14-25-10-12-26(13-11-25)22(28)21-16-20(17-24-21)32(29,30)27-8-2-1-3-9-27/h4-7,20-21,24H,1-3,8-17H2. The fourth-order valence-corrected chi connectivity index (χ4v) is 6.74. The van der Waals surface area contributed by atoms with E-state index in [1.165, 1.54) is 0 Å². The fraction of sp³-hybridized carbons (Fsp3) is 0.682. The Labute approximate surface area is 195 Å². The number of hydrogen-bond acceptors (Lipinski definition) is 6. The second-order valence-electron chi connectivity index (χ2n) is 8.79. The molecule has 1 N–H and O–H groups in total. The lowest BCUT2D eigenvalue weighted by Crippen LogP contribution is -2.53.